The molecule has 21 heavy (non-hydrogen) atoms. The molecular formula is C18H21ClN2. The lowest BCUT2D eigenvalue weighted by molar-refractivity contribution is 0.0834. The summed E-state index contributed by atoms with van der Waals surface area (Å²) >= 11 is 5.98. The van der Waals surface area contributed by atoms with E-state index in [9.17, 15) is 0 Å². The van der Waals surface area contributed by atoms with Crippen molar-refractivity contribution in [1.82, 2.24) is 9.80 Å². The molecule has 1 unspecified atom stereocenters. The molecule has 1 heterocycles. The number of benzene rings is 2. The van der Waals surface area contributed by atoms with Crippen LogP contribution >= 0.6 is 11.6 Å². The van der Waals surface area contributed by atoms with Gasteiger partial charge in [0.15, 0.2) is 0 Å². The van der Waals surface area contributed by atoms with E-state index in [-0.39, 0.29) is 0 Å². The minimum atomic E-state index is 0.459. The van der Waals surface area contributed by atoms with E-state index in [4.69, 9.17) is 11.6 Å². The molecule has 0 aromatic heterocycles. The Balaban J connectivity index is 1.79. The van der Waals surface area contributed by atoms with Crippen LogP contribution in [0.15, 0.2) is 54.6 Å². The molecule has 0 N–H and O–H groups in total. The van der Waals surface area contributed by atoms with Crippen molar-refractivity contribution in [3.8, 4) is 0 Å². The maximum atomic E-state index is 5.98. The van der Waals surface area contributed by atoms with Gasteiger partial charge < -0.3 is 4.90 Å². The first-order valence-corrected chi connectivity index (χ1v) is 7.82. The third-order valence-electron chi connectivity index (χ3n) is 4.18. The van der Waals surface area contributed by atoms with Gasteiger partial charge in [-0.3, -0.25) is 4.90 Å². The highest BCUT2D eigenvalue weighted by Gasteiger charge is 2.26. The molecule has 110 valence electrons. The third-order valence-corrected chi connectivity index (χ3v) is 4.43. The summed E-state index contributed by atoms with van der Waals surface area (Å²) in [6.45, 7) is 4.28. The molecule has 0 aliphatic carbocycles. The molecule has 2 aromatic carbocycles. The van der Waals surface area contributed by atoms with Gasteiger partial charge in [-0.15, -0.1) is 0 Å². The van der Waals surface area contributed by atoms with Gasteiger partial charge in [-0.1, -0.05) is 54.1 Å². The number of piperazine rings is 1. The molecule has 0 amide bonds. The Morgan fingerprint density at radius 3 is 2.43 bits per heavy atom. The summed E-state index contributed by atoms with van der Waals surface area (Å²) in [5.41, 5.74) is 2.72. The van der Waals surface area contributed by atoms with Crippen molar-refractivity contribution in [3.05, 3.63) is 70.7 Å². The van der Waals surface area contributed by atoms with E-state index in [2.05, 4.69) is 59.3 Å². The molecule has 3 heteroatoms. The predicted molar refractivity (Wildman–Crippen MR) is 88.5 cm³/mol. The maximum absolute atomic E-state index is 5.98. The Bertz CT molecular complexity index is 568. The normalized spacial score (nSPS) is 20.6. The minimum absolute atomic E-state index is 0.459. The highest BCUT2D eigenvalue weighted by atomic mass is 35.5. The molecule has 1 fully saturated rings. The van der Waals surface area contributed by atoms with Crippen LogP contribution in [0.3, 0.4) is 0 Å². The van der Waals surface area contributed by atoms with Crippen molar-refractivity contribution in [2.45, 2.75) is 12.6 Å². The van der Waals surface area contributed by atoms with Crippen LogP contribution in [0.25, 0.3) is 0 Å². The van der Waals surface area contributed by atoms with Crippen molar-refractivity contribution < 1.29 is 0 Å². The standard InChI is InChI=1S/C18H21ClN2/c1-20-11-12-21(13-15-7-9-17(19)10-8-15)18(14-20)16-5-3-2-4-6-16/h2-10,18H,11-14H2,1H3. The van der Waals surface area contributed by atoms with Crippen LogP contribution in [0.2, 0.25) is 5.02 Å². The summed E-state index contributed by atoms with van der Waals surface area (Å²) in [5, 5.41) is 0.803. The summed E-state index contributed by atoms with van der Waals surface area (Å²) in [5.74, 6) is 0. The first-order valence-electron chi connectivity index (χ1n) is 7.44. The van der Waals surface area contributed by atoms with Crippen LogP contribution in [-0.2, 0) is 6.54 Å². The van der Waals surface area contributed by atoms with Crippen molar-refractivity contribution in [2.24, 2.45) is 0 Å². The second-order valence-electron chi connectivity index (χ2n) is 5.79. The first kappa shape index (κ1) is 14.6. The van der Waals surface area contributed by atoms with Gasteiger partial charge >= 0.3 is 0 Å². The second kappa shape index (κ2) is 6.61. The minimum Gasteiger partial charge on any atom is -0.303 e. The molecule has 1 aliphatic rings. The van der Waals surface area contributed by atoms with Gasteiger partial charge in [0.2, 0.25) is 0 Å². The van der Waals surface area contributed by atoms with Crippen LogP contribution in [0.4, 0.5) is 0 Å². The fraction of sp³-hybridized carbons (Fsp3) is 0.333. The van der Waals surface area contributed by atoms with Gasteiger partial charge in [0, 0.05) is 37.2 Å². The second-order valence-corrected chi connectivity index (χ2v) is 6.22. The zero-order valence-electron chi connectivity index (χ0n) is 12.4. The van der Waals surface area contributed by atoms with Crippen molar-refractivity contribution in [2.75, 3.05) is 26.7 Å². The Morgan fingerprint density at radius 1 is 1.00 bits per heavy atom. The Kier molecular flexibility index (Phi) is 4.59. The van der Waals surface area contributed by atoms with Gasteiger partial charge in [0.05, 0.1) is 0 Å². The van der Waals surface area contributed by atoms with Crippen LogP contribution in [0.5, 0.6) is 0 Å². The molecule has 1 atom stereocenters. The lowest BCUT2D eigenvalue weighted by Gasteiger charge is -2.40. The summed E-state index contributed by atoms with van der Waals surface area (Å²) in [6.07, 6.45) is 0. The molecule has 1 saturated heterocycles. The first-order chi connectivity index (χ1) is 10.2. The zero-order valence-corrected chi connectivity index (χ0v) is 13.1. The number of likely N-dealkylation sites (N-methyl/N-ethyl adjacent to an activating group) is 1. The average Bonchev–Trinajstić information content (AvgIpc) is 2.52. The smallest absolute Gasteiger partial charge is 0.0479 e. The molecule has 0 radical (unpaired) electrons. The molecule has 2 aromatic rings. The monoisotopic (exact) mass is 300 g/mol. The van der Waals surface area contributed by atoms with E-state index >= 15 is 0 Å². The average molecular weight is 301 g/mol. The summed E-state index contributed by atoms with van der Waals surface area (Å²) in [6, 6.07) is 19.5. The van der Waals surface area contributed by atoms with Crippen LogP contribution in [0, 0.1) is 0 Å². The zero-order chi connectivity index (χ0) is 14.7. The van der Waals surface area contributed by atoms with E-state index in [1.807, 2.05) is 12.1 Å². The largest absolute Gasteiger partial charge is 0.303 e. The molecule has 0 bridgehead atoms. The molecule has 1 aliphatic heterocycles. The number of hydrogen-bond donors (Lipinski definition) is 0. The van der Waals surface area contributed by atoms with E-state index in [0.29, 0.717) is 6.04 Å². The fourth-order valence-corrected chi connectivity index (χ4v) is 3.09. The fourth-order valence-electron chi connectivity index (χ4n) is 2.96. The van der Waals surface area contributed by atoms with E-state index in [1.54, 1.807) is 0 Å². The third kappa shape index (κ3) is 3.65. The van der Waals surface area contributed by atoms with Gasteiger partial charge in [-0.25, -0.2) is 0 Å². The molecule has 0 spiro atoms. The Morgan fingerprint density at radius 2 is 1.71 bits per heavy atom. The number of hydrogen-bond acceptors (Lipinski definition) is 2. The maximum Gasteiger partial charge on any atom is 0.0479 e. The molecule has 3 rings (SSSR count). The lowest BCUT2D eigenvalue weighted by atomic mass is 10.0. The SMILES string of the molecule is CN1CCN(Cc2ccc(Cl)cc2)C(c2ccccc2)C1. The molecular weight excluding hydrogens is 280 g/mol. The van der Waals surface area contributed by atoms with Crippen molar-refractivity contribution >= 4 is 11.6 Å². The van der Waals surface area contributed by atoms with E-state index < -0.39 is 0 Å². The Hall–Kier alpha value is -1.35. The lowest BCUT2D eigenvalue weighted by Crippen LogP contribution is -2.46. The van der Waals surface area contributed by atoms with Crippen LogP contribution in [0.1, 0.15) is 17.2 Å². The van der Waals surface area contributed by atoms with Crippen molar-refractivity contribution in [1.29, 1.82) is 0 Å². The highest BCUT2D eigenvalue weighted by Crippen LogP contribution is 2.26. The van der Waals surface area contributed by atoms with E-state index in [1.165, 1.54) is 11.1 Å². The number of rotatable bonds is 3. The highest BCUT2D eigenvalue weighted by molar-refractivity contribution is 6.30. The topological polar surface area (TPSA) is 6.48 Å². The van der Waals surface area contributed by atoms with Crippen molar-refractivity contribution in [3.63, 3.8) is 0 Å². The van der Waals surface area contributed by atoms with Gasteiger partial charge in [-0.05, 0) is 30.3 Å². The molecule has 0 saturated carbocycles. The Labute approximate surface area is 131 Å². The quantitative estimate of drug-likeness (QED) is 0.850. The summed E-state index contributed by atoms with van der Waals surface area (Å²) < 4.78 is 0. The summed E-state index contributed by atoms with van der Waals surface area (Å²) in [7, 11) is 2.20. The van der Waals surface area contributed by atoms with Gasteiger partial charge in [0.25, 0.3) is 0 Å². The predicted octanol–water partition coefficient (Wildman–Crippen LogP) is 3.83. The van der Waals surface area contributed by atoms with E-state index in [0.717, 1.165) is 31.2 Å². The van der Waals surface area contributed by atoms with Crippen LogP contribution in [-0.4, -0.2) is 36.5 Å². The number of halogens is 1. The molecule has 2 nitrogen and oxygen atoms in total. The van der Waals surface area contributed by atoms with Crippen LogP contribution < -0.4 is 0 Å². The number of nitrogens with zero attached hydrogens (tertiary/aromatic N) is 2. The summed E-state index contributed by atoms with van der Waals surface area (Å²) in [4.78, 5) is 4.98. The van der Waals surface area contributed by atoms with Gasteiger partial charge in [0.1, 0.15) is 0 Å². The van der Waals surface area contributed by atoms with Gasteiger partial charge in [-0.2, -0.15) is 0 Å².